The molecule has 2 rings (SSSR count). The highest BCUT2D eigenvalue weighted by molar-refractivity contribution is 5.32. The highest BCUT2D eigenvalue weighted by atomic mass is 15.2. The van der Waals surface area contributed by atoms with Crippen LogP contribution < -0.4 is 5.32 Å². The number of nitrogens with zero attached hydrogens (tertiary/aromatic N) is 3. The van der Waals surface area contributed by atoms with Crippen molar-refractivity contribution in [3.05, 3.63) is 11.9 Å². The predicted molar refractivity (Wildman–Crippen MR) is 75.9 cm³/mol. The number of imidazole rings is 1. The summed E-state index contributed by atoms with van der Waals surface area (Å²) >= 11 is 0. The maximum atomic E-state index is 4.59. The summed E-state index contributed by atoms with van der Waals surface area (Å²) in [6, 6.07) is 0.655. The summed E-state index contributed by atoms with van der Waals surface area (Å²) in [7, 11) is 4.26. The fraction of sp³-hybridized carbons (Fsp3) is 0.786. The molecule has 1 N–H and O–H groups in total. The lowest BCUT2D eigenvalue weighted by molar-refractivity contribution is 0.212. The maximum absolute atomic E-state index is 4.59. The van der Waals surface area contributed by atoms with Crippen molar-refractivity contribution in [2.45, 2.75) is 46.2 Å². The number of nitrogens with one attached hydrogen (secondary N) is 1. The molecule has 0 radical (unpaired) electrons. The Morgan fingerprint density at radius 2 is 2.11 bits per heavy atom. The third-order valence-corrected chi connectivity index (χ3v) is 3.15. The summed E-state index contributed by atoms with van der Waals surface area (Å²) in [5.74, 6) is 1.04. The van der Waals surface area contributed by atoms with Gasteiger partial charge >= 0.3 is 0 Å². The van der Waals surface area contributed by atoms with Gasteiger partial charge in [-0.15, -0.1) is 0 Å². The lowest BCUT2D eigenvalue weighted by atomic mass is 9.93. The van der Waals surface area contributed by atoms with Gasteiger partial charge in [-0.25, -0.2) is 4.98 Å². The first-order valence-corrected chi connectivity index (χ1v) is 6.81. The zero-order valence-electron chi connectivity index (χ0n) is 12.3. The van der Waals surface area contributed by atoms with Crippen molar-refractivity contribution in [3.63, 3.8) is 0 Å². The third-order valence-electron chi connectivity index (χ3n) is 3.15. The number of anilines is 1. The topological polar surface area (TPSA) is 33.1 Å². The van der Waals surface area contributed by atoms with E-state index in [0.29, 0.717) is 6.04 Å². The molecule has 0 bridgehead atoms. The lowest BCUT2D eigenvalue weighted by Crippen LogP contribution is -2.32. The molecule has 0 spiro atoms. The molecule has 0 amide bonds. The van der Waals surface area contributed by atoms with Crippen molar-refractivity contribution < 1.29 is 0 Å². The van der Waals surface area contributed by atoms with Gasteiger partial charge in [0.05, 0.1) is 5.69 Å². The summed E-state index contributed by atoms with van der Waals surface area (Å²) < 4.78 is 2.27. The second kappa shape index (κ2) is 4.92. The van der Waals surface area contributed by atoms with Crippen molar-refractivity contribution in [1.29, 1.82) is 0 Å². The quantitative estimate of drug-likeness (QED) is 0.841. The van der Waals surface area contributed by atoms with Crippen LogP contribution in [0.4, 0.5) is 5.95 Å². The Morgan fingerprint density at radius 3 is 2.67 bits per heavy atom. The van der Waals surface area contributed by atoms with Crippen LogP contribution in [0.5, 0.6) is 0 Å². The zero-order valence-corrected chi connectivity index (χ0v) is 12.3. The van der Waals surface area contributed by atoms with Gasteiger partial charge in [0.25, 0.3) is 0 Å². The molecule has 0 saturated heterocycles. The Hall–Kier alpha value is -1.03. The molecule has 1 fully saturated rings. The van der Waals surface area contributed by atoms with E-state index in [-0.39, 0.29) is 5.41 Å². The molecule has 0 aromatic carbocycles. The van der Waals surface area contributed by atoms with E-state index in [4.69, 9.17) is 0 Å². The second-order valence-corrected chi connectivity index (χ2v) is 6.65. The van der Waals surface area contributed by atoms with E-state index in [9.17, 15) is 0 Å². The fourth-order valence-corrected chi connectivity index (χ4v) is 2.56. The Kier molecular flexibility index (Phi) is 3.66. The maximum Gasteiger partial charge on any atom is 0.203 e. The molecular formula is C14H26N4. The van der Waals surface area contributed by atoms with Crippen LogP contribution in [0.1, 0.15) is 32.4 Å². The predicted octanol–water partition coefficient (Wildman–Crippen LogP) is 2.35. The van der Waals surface area contributed by atoms with E-state index >= 15 is 0 Å². The van der Waals surface area contributed by atoms with Crippen molar-refractivity contribution in [3.8, 4) is 0 Å². The zero-order chi connectivity index (χ0) is 13.3. The highest BCUT2D eigenvalue weighted by Crippen LogP contribution is 2.26. The van der Waals surface area contributed by atoms with Crippen molar-refractivity contribution in [1.82, 2.24) is 14.5 Å². The summed E-state index contributed by atoms with van der Waals surface area (Å²) in [4.78, 5) is 6.84. The third kappa shape index (κ3) is 3.73. The van der Waals surface area contributed by atoms with E-state index in [0.717, 1.165) is 24.7 Å². The van der Waals surface area contributed by atoms with Gasteiger partial charge in [0.2, 0.25) is 5.95 Å². The molecule has 4 nitrogen and oxygen atoms in total. The highest BCUT2D eigenvalue weighted by Gasteiger charge is 2.25. The molecule has 0 unspecified atom stereocenters. The smallest absolute Gasteiger partial charge is 0.203 e. The van der Waals surface area contributed by atoms with Crippen LogP contribution in [0.3, 0.4) is 0 Å². The largest absolute Gasteiger partial charge is 0.353 e. The molecule has 1 aromatic heterocycles. The average molecular weight is 250 g/mol. The van der Waals surface area contributed by atoms with E-state index in [2.05, 4.69) is 60.8 Å². The first-order chi connectivity index (χ1) is 8.35. The molecular weight excluding hydrogens is 224 g/mol. The fourth-order valence-electron chi connectivity index (χ4n) is 2.56. The van der Waals surface area contributed by atoms with E-state index in [1.54, 1.807) is 0 Å². The Morgan fingerprint density at radius 1 is 1.44 bits per heavy atom. The molecule has 4 heteroatoms. The molecule has 1 aromatic rings. The van der Waals surface area contributed by atoms with E-state index < -0.39 is 0 Å². The SMILES string of the molecule is Cc1cn(CC(C)(C)CN(C)C)c(NC2CC2)n1. The summed E-state index contributed by atoms with van der Waals surface area (Å²) in [5.41, 5.74) is 1.34. The van der Waals surface area contributed by atoms with Crippen LogP contribution in [0.2, 0.25) is 0 Å². The van der Waals surface area contributed by atoms with Crippen molar-refractivity contribution in [2.24, 2.45) is 5.41 Å². The lowest BCUT2D eigenvalue weighted by Gasteiger charge is -2.29. The normalized spacial score (nSPS) is 16.3. The monoisotopic (exact) mass is 250 g/mol. The van der Waals surface area contributed by atoms with Gasteiger partial charge in [-0.2, -0.15) is 0 Å². The standard InChI is InChI=1S/C14H26N4/c1-11-8-18(10-14(2,3)9-17(4)5)13(15-11)16-12-6-7-12/h8,12H,6-7,9-10H2,1-5H3,(H,15,16). The van der Waals surface area contributed by atoms with Crippen molar-refractivity contribution in [2.75, 3.05) is 26.0 Å². The van der Waals surface area contributed by atoms with Gasteiger partial charge in [0.1, 0.15) is 0 Å². The van der Waals surface area contributed by atoms with Gasteiger partial charge < -0.3 is 14.8 Å². The minimum atomic E-state index is 0.247. The average Bonchev–Trinajstić information content (AvgIpc) is 2.90. The first-order valence-electron chi connectivity index (χ1n) is 6.81. The second-order valence-electron chi connectivity index (χ2n) is 6.65. The minimum Gasteiger partial charge on any atom is -0.353 e. The molecule has 102 valence electrons. The van der Waals surface area contributed by atoms with Crippen LogP contribution in [0.25, 0.3) is 0 Å². The Labute approximate surface area is 110 Å². The molecule has 1 aliphatic carbocycles. The van der Waals surface area contributed by atoms with Crippen LogP contribution in [0, 0.1) is 12.3 Å². The van der Waals surface area contributed by atoms with E-state index in [1.165, 1.54) is 12.8 Å². The van der Waals surface area contributed by atoms with E-state index in [1.807, 2.05) is 0 Å². The number of rotatable bonds is 6. The first kappa shape index (κ1) is 13.4. The molecule has 1 saturated carbocycles. The Bertz CT molecular complexity index is 402. The number of aryl methyl sites for hydroxylation is 1. The van der Waals surface area contributed by atoms with Crippen LogP contribution in [0.15, 0.2) is 6.20 Å². The summed E-state index contributed by atoms with van der Waals surface area (Å²) in [6.45, 7) is 8.76. The van der Waals surface area contributed by atoms with Gasteiger partial charge in [-0.1, -0.05) is 13.8 Å². The molecule has 18 heavy (non-hydrogen) atoms. The van der Waals surface area contributed by atoms with Gasteiger partial charge in [0, 0.05) is 25.3 Å². The summed E-state index contributed by atoms with van der Waals surface area (Å²) in [5, 5.41) is 3.52. The van der Waals surface area contributed by atoms with Gasteiger partial charge in [-0.3, -0.25) is 0 Å². The Balaban J connectivity index is 2.06. The van der Waals surface area contributed by atoms with Gasteiger partial charge in [-0.05, 0) is 39.3 Å². The van der Waals surface area contributed by atoms with Crippen LogP contribution in [-0.4, -0.2) is 41.1 Å². The number of hydrogen-bond acceptors (Lipinski definition) is 3. The van der Waals surface area contributed by atoms with Gasteiger partial charge in [0.15, 0.2) is 0 Å². The number of aromatic nitrogens is 2. The summed E-state index contributed by atoms with van der Waals surface area (Å²) in [6.07, 6.45) is 4.72. The minimum absolute atomic E-state index is 0.247. The molecule has 1 heterocycles. The molecule has 0 atom stereocenters. The molecule has 1 aliphatic rings. The van der Waals surface area contributed by atoms with Crippen molar-refractivity contribution >= 4 is 5.95 Å². The van der Waals surface area contributed by atoms with Crippen LogP contribution >= 0.6 is 0 Å². The molecule has 0 aliphatic heterocycles. The van der Waals surface area contributed by atoms with Crippen LogP contribution in [-0.2, 0) is 6.54 Å². The number of hydrogen-bond donors (Lipinski definition) is 1.